The van der Waals surface area contributed by atoms with Crippen molar-refractivity contribution in [3.63, 3.8) is 0 Å². The fourth-order valence-electron chi connectivity index (χ4n) is 3.80. The minimum Gasteiger partial charge on any atom is -0.375 e. The number of methoxy groups -OCH3 is 1. The van der Waals surface area contributed by atoms with Gasteiger partial charge in [0.1, 0.15) is 17.7 Å². The summed E-state index contributed by atoms with van der Waals surface area (Å²) >= 11 is 6.08. The average molecular weight is 445 g/mol. The molecule has 0 amide bonds. The van der Waals surface area contributed by atoms with E-state index in [9.17, 15) is 9.18 Å². The molecule has 10 heteroatoms. The van der Waals surface area contributed by atoms with Crippen LogP contribution < -0.4 is 0 Å². The smallest absolute Gasteiger partial charge is 0.191 e. The third kappa shape index (κ3) is 4.15. The summed E-state index contributed by atoms with van der Waals surface area (Å²) in [5.74, 6) is -0.0296. The molecule has 0 N–H and O–H groups in total. The van der Waals surface area contributed by atoms with Gasteiger partial charge >= 0.3 is 0 Å². The van der Waals surface area contributed by atoms with Gasteiger partial charge in [0.25, 0.3) is 0 Å². The van der Waals surface area contributed by atoms with Gasteiger partial charge < -0.3 is 4.74 Å². The predicted molar refractivity (Wildman–Crippen MR) is 113 cm³/mol. The monoisotopic (exact) mass is 444 g/mol. The topological polar surface area (TPSA) is 86.7 Å². The summed E-state index contributed by atoms with van der Waals surface area (Å²) in [5, 5.41) is 8.77. The molecule has 0 radical (unpaired) electrons. The fourth-order valence-corrected chi connectivity index (χ4v) is 3.97. The first-order valence-electron chi connectivity index (χ1n) is 9.85. The molecule has 31 heavy (non-hydrogen) atoms. The molecule has 0 fully saturated rings. The molecular formula is C21H22ClFN6O2. The normalized spacial score (nSPS) is 12.9. The zero-order chi connectivity index (χ0) is 22.3. The van der Waals surface area contributed by atoms with Gasteiger partial charge in [-0.25, -0.2) is 23.4 Å². The minimum absolute atomic E-state index is 0.0441. The SMILES string of the molecule is CO[C@H](c1c(CC(=O)Cc2cc(F)c3nc(C)nn3c2)cnc2cc(Cl)nn12)C(C)C. The maximum atomic E-state index is 14.3. The van der Waals surface area contributed by atoms with Crippen LogP contribution in [0.25, 0.3) is 11.3 Å². The number of halogens is 2. The summed E-state index contributed by atoms with van der Waals surface area (Å²) in [6, 6.07) is 2.98. The van der Waals surface area contributed by atoms with Crippen LogP contribution in [0.2, 0.25) is 5.15 Å². The van der Waals surface area contributed by atoms with Gasteiger partial charge in [-0.2, -0.15) is 10.2 Å². The van der Waals surface area contributed by atoms with Crippen LogP contribution in [0.5, 0.6) is 0 Å². The number of fused-ring (bicyclic) bond motifs is 2. The van der Waals surface area contributed by atoms with Crippen LogP contribution in [-0.4, -0.2) is 42.1 Å². The first-order valence-corrected chi connectivity index (χ1v) is 10.2. The van der Waals surface area contributed by atoms with Crippen LogP contribution >= 0.6 is 11.6 Å². The van der Waals surface area contributed by atoms with Crippen LogP contribution in [0.15, 0.2) is 24.5 Å². The van der Waals surface area contributed by atoms with Crippen molar-refractivity contribution in [3.8, 4) is 0 Å². The predicted octanol–water partition coefficient (Wildman–Crippen LogP) is 3.57. The minimum atomic E-state index is -0.514. The molecule has 0 unspecified atom stereocenters. The Labute approximate surface area is 183 Å². The first kappa shape index (κ1) is 21.3. The number of nitrogens with zero attached hydrogens (tertiary/aromatic N) is 6. The van der Waals surface area contributed by atoms with E-state index in [0.29, 0.717) is 27.8 Å². The summed E-state index contributed by atoms with van der Waals surface area (Å²) in [7, 11) is 1.62. The Morgan fingerprint density at radius 3 is 2.74 bits per heavy atom. The molecule has 0 aliphatic carbocycles. The van der Waals surface area contributed by atoms with Crippen molar-refractivity contribution in [1.82, 2.24) is 29.2 Å². The molecule has 0 saturated carbocycles. The number of hydrogen-bond acceptors (Lipinski definition) is 6. The maximum Gasteiger partial charge on any atom is 0.191 e. The molecule has 4 aromatic heterocycles. The quantitative estimate of drug-likeness (QED) is 0.433. The number of ether oxygens (including phenoxy) is 1. The summed E-state index contributed by atoms with van der Waals surface area (Å²) in [5.41, 5.74) is 2.66. The summed E-state index contributed by atoms with van der Waals surface area (Å²) in [6.07, 6.45) is 3.11. The zero-order valence-electron chi connectivity index (χ0n) is 17.6. The van der Waals surface area contributed by atoms with Gasteiger partial charge in [0.2, 0.25) is 0 Å². The highest BCUT2D eigenvalue weighted by atomic mass is 35.5. The van der Waals surface area contributed by atoms with E-state index in [1.165, 1.54) is 10.6 Å². The highest BCUT2D eigenvalue weighted by molar-refractivity contribution is 6.29. The molecule has 0 saturated heterocycles. The lowest BCUT2D eigenvalue weighted by Crippen LogP contribution is -2.19. The second kappa shape index (κ2) is 8.32. The zero-order valence-corrected chi connectivity index (χ0v) is 18.4. The lowest BCUT2D eigenvalue weighted by atomic mass is 9.96. The van der Waals surface area contributed by atoms with E-state index < -0.39 is 5.82 Å². The molecular weight excluding hydrogens is 423 g/mol. The number of hydrogen-bond donors (Lipinski definition) is 0. The third-order valence-electron chi connectivity index (χ3n) is 5.04. The second-order valence-corrected chi connectivity index (χ2v) is 8.21. The van der Waals surface area contributed by atoms with Crippen LogP contribution in [0.4, 0.5) is 4.39 Å². The van der Waals surface area contributed by atoms with E-state index >= 15 is 0 Å². The molecule has 4 rings (SSSR count). The van der Waals surface area contributed by atoms with E-state index in [-0.39, 0.29) is 36.3 Å². The molecule has 162 valence electrons. The number of Topliss-reactive ketones (excluding diaryl/α,β-unsaturated/α-hetero) is 1. The van der Waals surface area contributed by atoms with Crippen molar-refractivity contribution in [2.45, 2.75) is 39.7 Å². The van der Waals surface area contributed by atoms with E-state index in [0.717, 1.165) is 5.69 Å². The number of carbonyl (C=O) groups is 1. The number of carbonyl (C=O) groups excluding carboxylic acids is 1. The Morgan fingerprint density at radius 1 is 1.26 bits per heavy atom. The summed E-state index contributed by atoms with van der Waals surface area (Å²) in [6.45, 7) is 5.73. The van der Waals surface area contributed by atoms with Crippen molar-refractivity contribution in [2.24, 2.45) is 5.92 Å². The van der Waals surface area contributed by atoms with Crippen molar-refractivity contribution >= 4 is 28.7 Å². The Morgan fingerprint density at radius 2 is 2.03 bits per heavy atom. The Kier molecular flexibility index (Phi) is 5.72. The molecule has 0 spiro atoms. The Balaban J connectivity index is 1.67. The second-order valence-electron chi connectivity index (χ2n) is 7.82. The highest BCUT2D eigenvalue weighted by Gasteiger charge is 2.25. The standard InChI is InChI=1S/C21H22ClFN6O2/c1-11(2)20(31-4)19-14(9-24-18-8-17(22)27-29(18)19)7-15(30)5-13-6-16(23)21-25-12(3)26-28(21)10-13/h6,8-11,20H,5,7H2,1-4H3/t20-/m0/s1. The van der Waals surface area contributed by atoms with Crippen LogP contribution in [0, 0.1) is 18.7 Å². The number of ketones is 1. The van der Waals surface area contributed by atoms with Gasteiger partial charge in [0.15, 0.2) is 22.3 Å². The molecule has 0 aromatic carbocycles. The van der Waals surface area contributed by atoms with E-state index in [1.54, 1.807) is 37.0 Å². The van der Waals surface area contributed by atoms with E-state index in [4.69, 9.17) is 16.3 Å². The van der Waals surface area contributed by atoms with Crippen LogP contribution in [0.3, 0.4) is 0 Å². The van der Waals surface area contributed by atoms with Gasteiger partial charge in [0.05, 0.1) is 5.69 Å². The lowest BCUT2D eigenvalue weighted by molar-refractivity contribution is -0.117. The Hall–Kier alpha value is -2.91. The number of aryl methyl sites for hydroxylation is 1. The number of pyridine rings is 1. The summed E-state index contributed by atoms with van der Waals surface area (Å²) < 4.78 is 23.0. The average Bonchev–Trinajstić information content (AvgIpc) is 3.25. The van der Waals surface area contributed by atoms with Gasteiger partial charge in [-0.15, -0.1) is 0 Å². The molecule has 4 heterocycles. The van der Waals surface area contributed by atoms with Crippen molar-refractivity contribution in [1.29, 1.82) is 0 Å². The van der Waals surface area contributed by atoms with Crippen LogP contribution in [0.1, 0.15) is 42.6 Å². The maximum absolute atomic E-state index is 14.3. The fraction of sp³-hybridized carbons (Fsp3) is 0.381. The van der Waals surface area contributed by atoms with Gasteiger partial charge in [-0.1, -0.05) is 25.4 Å². The highest BCUT2D eigenvalue weighted by Crippen LogP contribution is 2.29. The van der Waals surface area contributed by atoms with E-state index in [2.05, 4.69) is 20.2 Å². The lowest BCUT2D eigenvalue weighted by Gasteiger charge is -2.23. The molecule has 0 aliphatic rings. The molecule has 4 aromatic rings. The molecule has 8 nitrogen and oxygen atoms in total. The van der Waals surface area contributed by atoms with Gasteiger partial charge in [0, 0.05) is 44.0 Å². The van der Waals surface area contributed by atoms with Crippen molar-refractivity contribution in [2.75, 3.05) is 7.11 Å². The first-order chi connectivity index (χ1) is 14.8. The number of aromatic nitrogens is 6. The van der Waals surface area contributed by atoms with E-state index in [1.807, 2.05) is 13.8 Å². The largest absolute Gasteiger partial charge is 0.375 e. The van der Waals surface area contributed by atoms with Crippen molar-refractivity contribution in [3.05, 3.63) is 58.1 Å². The summed E-state index contributed by atoms with van der Waals surface area (Å²) in [4.78, 5) is 21.3. The van der Waals surface area contributed by atoms with Gasteiger partial charge in [-0.05, 0) is 24.5 Å². The number of rotatable bonds is 7. The molecule has 0 bridgehead atoms. The van der Waals surface area contributed by atoms with Crippen LogP contribution in [-0.2, 0) is 22.4 Å². The molecule has 1 atom stereocenters. The molecule has 0 aliphatic heterocycles. The van der Waals surface area contributed by atoms with Crippen molar-refractivity contribution < 1.29 is 13.9 Å². The van der Waals surface area contributed by atoms with Gasteiger partial charge in [-0.3, -0.25) is 4.79 Å². The Bertz CT molecular complexity index is 1280. The third-order valence-corrected chi connectivity index (χ3v) is 5.22.